The van der Waals surface area contributed by atoms with Gasteiger partial charge in [-0.2, -0.15) is 0 Å². The van der Waals surface area contributed by atoms with Gasteiger partial charge >= 0.3 is 0 Å². The van der Waals surface area contributed by atoms with Gasteiger partial charge in [0.25, 0.3) is 0 Å². The van der Waals surface area contributed by atoms with Crippen LogP contribution in [0.5, 0.6) is 0 Å². The summed E-state index contributed by atoms with van der Waals surface area (Å²) in [5.74, 6) is 0.182. The van der Waals surface area contributed by atoms with Crippen LogP contribution in [0.3, 0.4) is 0 Å². The van der Waals surface area contributed by atoms with Crippen molar-refractivity contribution in [2.75, 3.05) is 5.32 Å². The average molecular weight is 423 g/mol. The second kappa shape index (κ2) is 6.89. The van der Waals surface area contributed by atoms with Gasteiger partial charge in [0.1, 0.15) is 5.82 Å². The van der Waals surface area contributed by atoms with Crippen LogP contribution < -0.4 is 5.32 Å². The third-order valence-electron chi connectivity index (χ3n) is 7.09. The molecular weight excluding hydrogens is 401 g/mol. The van der Waals surface area contributed by atoms with Crippen LogP contribution in [0.1, 0.15) is 47.4 Å². The number of nitrogens with one attached hydrogen (secondary N) is 2. The van der Waals surface area contributed by atoms with Crippen LogP contribution in [-0.4, -0.2) is 15.9 Å². The first-order chi connectivity index (χ1) is 15.5. The molecule has 3 aliphatic carbocycles. The van der Waals surface area contributed by atoms with Crippen molar-refractivity contribution in [1.82, 2.24) is 9.97 Å². The monoisotopic (exact) mass is 423 g/mol. The Balaban J connectivity index is 1.35. The van der Waals surface area contributed by atoms with Gasteiger partial charge in [0.05, 0.1) is 17.3 Å². The van der Waals surface area contributed by atoms with Crippen LogP contribution in [0.15, 0.2) is 79.0 Å². The van der Waals surface area contributed by atoms with Crippen LogP contribution in [0.25, 0.3) is 11.3 Å². The minimum absolute atomic E-state index is 0.0162. The Hall–Kier alpha value is -3.73. The number of aromatic nitrogens is 2. The van der Waals surface area contributed by atoms with Gasteiger partial charge in [-0.05, 0) is 47.7 Å². The standard InChI is InChI=1S/C27H22FN3O/c1-27(25(32)31-26-29-15-23(30-26)16-7-6-8-17(28)13-16)14-22-18-9-2-4-11-20(18)24(27)21-12-5-3-10-19(21)22/h2-13,15,22,24H,14H2,1H3,(H2,29,30,31,32). The molecule has 2 N–H and O–H groups in total. The summed E-state index contributed by atoms with van der Waals surface area (Å²) in [4.78, 5) is 21.1. The fraction of sp³-hybridized carbons (Fsp3) is 0.185. The smallest absolute Gasteiger partial charge is 0.233 e. The highest BCUT2D eigenvalue weighted by molar-refractivity contribution is 5.96. The van der Waals surface area contributed by atoms with E-state index in [2.05, 4.69) is 70.7 Å². The van der Waals surface area contributed by atoms with Gasteiger partial charge in [-0.3, -0.25) is 10.1 Å². The van der Waals surface area contributed by atoms with Gasteiger partial charge in [-0.15, -0.1) is 0 Å². The third kappa shape index (κ3) is 2.74. The zero-order valence-electron chi connectivity index (χ0n) is 17.6. The van der Waals surface area contributed by atoms with E-state index >= 15 is 0 Å². The van der Waals surface area contributed by atoms with Gasteiger partial charge in [-0.1, -0.05) is 60.7 Å². The molecule has 3 aliphatic rings. The van der Waals surface area contributed by atoms with E-state index in [0.717, 1.165) is 6.42 Å². The minimum atomic E-state index is -0.612. The van der Waals surface area contributed by atoms with Gasteiger partial charge in [0.2, 0.25) is 11.9 Å². The summed E-state index contributed by atoms with van der Waals surface area (Å²) in [6, 6.07) is 23.3. The SMILES string of the molecule is CC1(C(=O)Nc2ncc(-c3cccc(F)c3)[nH]2)CC2c3ccccc3C1c1ccccc12. The quantitative estimate of drug-likeness (QED) is 0.435. The molecule has 0 aliphatic heterocycles. The minimum Gasteiger partial charge on any atom is -0.324 e. The van der Waals surface area contributed by atoms with Crippen molar-refractivity contribution >= 4 is 11.9 Å². The summed E-state index contributed by atoms with van der Waals surface area (Å²) in [7, 11) is 0. The van der Waals surface area contributed by atoms with Gasteiger partial charge in [-0.25, -0.2) is 9.37 Å². The molecule has 1 atom stereocenters. The highest BCUT2D eigenvalue weighted by atomic mass is 19.1. The van der Waals surface area contributed by atoms with Crippen LogP contribution >= 0.6 is 0 Å². The topological polar surface area (TPSA) is 57.8 Å². The van der Waals surface area contributed by atoms with Crippen LogP contribution in [0.2, 0.25) is 0 Å². The molecule has 1 unspecified atom stereocenters. The number of carbonyl (C=O) groups is 1. The zero-order valence-corrected chi connectivity index (χ0v) is 17.6. The number of anilines is 1. The van der Waals surface area contributed by atoms with Crippen LogP contribution in [0.4, 0.5) is 10.3 Å². The number of hydrogen-bond donors (Lipinski definition) is 2. The lowest BCUT2D eigenvalue weighted by Crippen LogP contribution is -2.47. The Morgan fingerprint density at radius 2 is 1.66 bits per heavy atom. The molecule has 0 radical (unpaired) electrons. The lowest BCUT2D eigenvalue weighted by atomic mass is 9.52. The summed E-state index contributed by atoms with van der Waals surface area (Å²) < 4.78 is 13.6. The van der Waals surface area contributed by atoms with E-state index in [9.17, 15) is 9.18 Å². The van der Waals surface area contributed by atoms with E-state index in [1.165, 1.54) is 34.4 Å². The van der Waals surface area contributed by atoms with Crippen molar-refractivity contribution in [2.45, 2.75) is 25.2 Å². The molecule has 3 aromatic carbocycles. The molecule has 32 heavy (non-hydrogen) atoms. The molecular formula is C27H22FN3O. The number of imidazole rings is 1. The first-order valence-electron chi connectivity index (χ1n) is 10.8. The first-order valence-corrected chi connectivity index (χ1v) is 10.8. The first kappa shape index (κ1) is 19.0. The van der Waals surface area contributed by atoms with E-state index in [1.807, 2.05) is 0 Å². The van der Waals surface area contributed by atoms with E-state index in [4.69, 9.17) is 0 Å². The summed E-state index contributed by atoms with van der Waals surface area (Å²) in [5, 5.41) is 3.00. The number of hydrogen-bond acceptors (Lipinski definition) is 2. The number of nitrogens with zero attached hydrogens (tertiary/aromatic N) is 1. The van der Waals surface area contributed by atoms with E-state index < -0.39 is 5.41 Å². The Labute approximate surface area is 185 Å². The average Bonchev–Trinajstić information content (AvgIpc) is 3.28. The highest BCUT2D eigenvalue weighted by Gasteiger charge is 2.53. The lowest BCUT2D eigenvalue weighted by molar-refractivity contribution is -0.126. The molecule has 7 rings (SSSR count). The van der Waals surface area contributed by atoms with E-state index in [-0.39, 0.29) is 23.6 Å². The second-order valence-corrected chi connectivity index (χ2v) is 8.97. The summed E-state index contributed by atoms with van der Waals surface area (Å²) in [6.07, 6.45) is 2.36. The van der Waals surface area contributed by atoms with E-state index in [1.54, 1.807) is 18.3 Å². The number of amides is 1. The molecule has 4 nitrogen and oxygen atoms in total. The Morgan fingerprint density at radius 3 is 2.31 bits per heavy atom. The third-order valence-corrected chi connectivity index (χ3v) is 7.09. The van der Waals surface area contributed by atoms with Crippen molar-refractivity contribution in [1.29, 1.82) is 0 Å². The molecule has 1 amide bonds. The zero-order chi connectivity index (χ0) is 21.9. The number of halogens is 1. The largest absolute Gasteiger partial charge is 0.324 e. The van der Waals surface area contributed by atoms with Crippen LogP contribution in [0, 0.1) is 11.2 Å². The maximum atomic E-state index is 13.7. The Morgan fingerprint density at radius 1 is 1.00 bits per heavy atom. The molecule has 0 fully saturated rings. The molecule has 0 saturated carbocycles. The van der Waals surface area contributed by atoms with Crippen LogP contribution in [-0.2, 0) is 4.79 Å². The van der Waals surface area contributed by atoms with E-state index in [0.29, 0.717) is 17.2 Å². The van der Waals surface area contributed by atoms with Gasteiger partial charge in [0.15, 0.2) is 0 Å². The highest BCUT2D eigenvalue weighted by Crippen LogP contribution is 2.61. The molecule has 2 bridgehead atoms. The molecule has 0 spiro atoms. The lowest BCUT2D eigenvalue weighted by Gasteiger charge is -2.50. The summed E-state index contributed by atoms with van der Waals surface area (Å²) in [6.45, 7) is 2.06. The predicted molar refractivity (Wildman–Crippen MR) is 122 cm³/mol. The molecule has 4 aromatic rings. The Kier molecular flexibility index (Phi) is 4.09. The second-order valence-electron chi connectivity index (χ2n) is 8.97. The molecule has 0 saturated heterocycles. The Bertz CT molecular complexity index is 1310. The van der Waals surface area contributed by atoms with Crippen molar-refractivity contribution in [3.05, 3.63) is 107 Å². The number of rotatable bonds is 3. The number of H-pyrrole nitrogens is 1. The van der Waals surface area contributed by atoms with Crippen molar-refractivity contribution in [2.24, 2.45) is 5.41 Å². The fourth-order valence-corrected chi connectivity index (χ4v) is 5.63. The predicted octanol–water partition coefficient (Wildman–Crippen LogP) is 5.84. The van der Waals surface area contributed by atoms with Crippen molar-refractivity contribution < 1.29 is 9.18 Å². The molecule has 158 valence electrons. The molecule has 5 heteroatoms. The maximum absolute atomic E-state index is 13.7. The molecule has 1 heterocycles. The fourth-order valence-electron chi connectivity index (χ4n) is 5.63. The summed E-state index contributed by atoms with van der Waals surface area (Å²) in [5.41, 5.74) is 5.86. The van der Waals surface area contributed by atoms with Crippen molar-refractivity contribution in [3.8, 4) is 11.3 Å². The van der Waals surface area contributed by atoms with Gasteiger partial charge < -0.3 is 4.98 Å². The number of benzene rings is 3. The number of carbonyl (C=O) groups excluding carboxylic acids is 1. The molecule has 1 aromatic heterocycles. The van der Waals surface area contributed by atoms with Crippen molar-refractivity contribution in [3.63, 3.8) is 0 Å². The van der Waals surface area contributed by atoms with Gasteiger partial charge in [0, 0.05) is 17.4 Å². The maximum Gasteiger partial charge on any atom is 0.233 e. The number of aromatic amines is 1. The normalized spacial score (nSPS) is 22.8. The number of fused-ring (bicyclic) bond motifs is 1. The summed E-state index contributed by atoms with van der Waals surface area (Å²) >= 11 is 0.